The van der Waals surface area contributed by atoms with Crippen LogP contribution in [0.5, 0.6) is 0 Å². The molecule has 0 N–H and O–H groups in total. The predicted molar refractivity (Wildman–Crippen MR) is 79.4 cm³/mol. The molecule has 0 aliphatic carbocycles. The standard InChI is InChI=1S/C16H23FN2O2/c1-16(10-21-11-16)9-19(4)15(20)14(18(2)3)12-5-7-13(17)8-6-12/h5-8,14H,9-11H2,1-4H3. The van der Waals surface area contributed by atoms with E-state index in [4.69, 9.17) is 4.74 Å². The molecule has 1 unspecified atom stereocenters. The first-order chi connectivity index (χ1) is 9.82. The first kappa shape index (κ1) is 15.9. The van der Waals surface area contributed by atoms with Crippen LogP contribution < -0.4 is 0 Å². The van der Waals surface area contributed by atoms with Gasteiger partial charge in [0.15, 0.2) is 0 Å². The highest BCUT2D eigenvalue weighted by atomic mass is 19.1. The number of hydrogen-bond acceptors (Lipinski definition) is 3. The number of ether oxygens (including phenoxy) is 1. The third kappa shape index (κ3) is 3.60. The predicted octanol–water partition coefficient (Wildman–Crippen LogP) is 1.92. The second-order valence-electron chi connectivity index (χ2n) is 6.42. The maximum atomic E-state index is 13.1. The maximum absolute atomic E-state index is 13.1. The number of nitrogens with zero attached hydrogens (tertiary/aromatic N) is 2. The van der Waals surface area contributed by atoms with Gasteiger partial charge in [-0.3, -0.25) is 9.69 Å². The molecule has 1 fully saturated rings. The van der Waals surface area contributed by atoms with Crippen molar-refractivity contribution in [3.05, 3.63) is 35.6 Å². The number of amides is 1. The van der Waals surface area contributed by atoms with Gasteiger partial charge in [-0.05, 0) is 31.8 Å². The molecular formula is C16H23FN2O2. The van der Waals surface area contributed by atoms with Crippen molar-refractivity contribution >= 4 is 5.91 Å². The van der Waals surface area contributed by atoms with E-state index in [1.54, 1.807) is 17.0 Å². The van der Waals surface area contributed by atoms with E-state index in [0.29, 0.717) is 19.8 Å². The maximum Gasteiger partial charge on any atom is 0.244 e. The van der Waals surface area contributed by atoms with Gasteiger partial charge in [-0.2, -0.15) is 0 Å². The molecule has 0 saturated carbocycles. The number of likely N-dealkylation sites (N-methyl/N-ethyl adjacent to an activating group) is 2. The summed E-state index contributed by atoms with van der Waals surface area (Å²) in [4.78, 5) is 16.3. The Hall–Kier alpha value is -1.46. The number of rotatable bonds is 5. The second kappa shape index (κ2) is 6.12. The molecule has 0 bridgehead atoms. The van der Waals surface area contributed by atoms with Crippen molar-refractivity contribution in [2.24, 2.45) is 5.41 Å². The van der Waals surface area contributed by atoms with Gasteiger partial charge in [0.1, 0.15) is 11.9 Å². The first-order valence-electron chi connectivity index (χ1n) is 7.07. The van der Waals surface area contributed by atoms with Gasteiger partial charge in [0.05, 0.1) is 13.2 Å². The van der Waals surface area contributed by atoms with Crippen LogP contribution in [-0.2, 0) is 9.53 Å². The highest BCUT2D eigenvalue weighted by molar-refractivity contribution is 5.83. The number of carbonyl (C=O) groups is 1. The van der Waals surface area contributed by atoms with Crippen LogP contribution in [-0.4, -0.2) is 56.6 Å². The van der Waals surface area contributed by atoms with Crippen molar-refractivity contribution in [1.82, 2.24) is 9.80 Å². The molecular weight excluding hydrogens is 271 g/mol. The van der Waals surface area contributed by atoms with E-state index in [0.717, 1.165) is 5.56 Å². The Morgan fingerprint density at radius 2 is 1.86 bits per heavy atom. The average Bonchev–Trinajstić information content (AvgIpc) is 2.39. The number of halogens is 1. The molecule has 1 saturated heterocycles. The fourth-order valence-corrected chi connectivity index (χ4v) is 2.71. The van der Waals surface area contributed by atoms with E-state index in [9.17, 15) is 9.18 Å². The van der Waals surface area contributed by atoms with Crippen molar-refractivity contribution in [1.29, 1.82) is 0 Å². The Morgan fingerprint density at radius 3 is 2.29 bits per heavy atom. The summed E-state index contributed by atoms with van der Waals surface area (Å²) in [5.74, 6) is -0.282. The van der Waals surface area contributed by atoms with Crippen molar-refractivity contribution in [2.45, 2.75) is 13.0 Å². The molecule has 2 rings (SSSR count). The molecule has 1 amide bonds. The summed E-state index contributed by atoms with van der Waals surface area (Å²) in [6.45, 7) is 4.15. The third-order valence-corrected chi connectivity index (χ3v) is 3.83. The molecule has 1 atom stereocenters. The minimum absolute atomic E-state index is 0.0136. The lowest BCUT2D eigenvalue weighted by Crippen LogP contribution is -2.50. The molecule has 1 aliphatic heterocycles. The van der Waals surface area contributed by atoms with Gasteiger partial charge in [0.2, 0.25) is 5.91 Å². The van der Waals surface area contributed by atoms with Gasteiger partial charge in [-0.1, -0.05) is 19.1 Å². The van der Waals surface area contributed by atoms with Crippen molar-refractivity contribution in [3.63, 3.8) is 0 Å². The first-order valence-corrected chi connectivity index (χ1v) is 7.07. The summed E-state index contributed by atoms with van der Waals surface area (Å²) < 4.78 is 18.3. The lowest BCUT2D eigenvalue weighted by molar-refractivity contribution is -0.146. The summed E-state index contributed by atoms with van der Waals surface area (Å²) in [6.07, 6.45) is 0. The van der Waals surface area contributed by atoms with Gasteiger partial charge in [-0.25, -0.2) is 4.39 Å². The van der Waals surface area contributed by atoms with Crippen LogP contribution in [0.1, 0.15) is 18.5 Å². The summed E-state index contributed by atoms with van der Waals surface area (Å²) in [6, 6.07) is 5.71. The van der Waals surface area contributed by atoms with Gasteiger partial charge in [-0.15, -0.1) is 0 Å². The third-order valence-electron chi connectivity index (χ3n) is 3.83. The molecule has 0 radical (unpaired) electrons. The molecule has 0 aromatic heterocycles. The summed E-state index contributed by atoms with van der Waals surface area (Å²) in [5.41, 5.74) is 0.845. The van der Waals surface area contributed by atoms with E-state index in [-0.39, 0.29) is 17.1 Å². The zero-order valence-electron chi connectivity index (χ0n) is 13.1. The molecule has 21 heavy (non-hydrogen) atoms. The SMILES string of the molecule is CN(CC1(C)COC1)C(=O)C(c1ccc(F)cc1)N(C)C. The fourth-order valence-electron chi connectivity index (χ4n) is 2.71. The van der Waals surface area contributed by atoms with Gasteiger partial charge in [0.25, 0.3) is 0 Å². The molecule has 0 spiro atoms. The summed E-state index contributed by atoms with van der Waals surface area (Å²) >= 11 is 0. The Balaban J connectivity index is 2.13. The average molecular weight is 294 g/mol. The largest absolute Gasteiger partial charge is 0.380 e. The Bertz CT molecular complexity index is 498. The van der Waals surface area contributed by atoms with Crippen molar-refractivity contribution in [2.75, 3.05) is 40.9 Å². The Labute approximate surface area is 125 Å². The number of carbonyl (C=O) groups excluding carboxylic acids is 1. The highest BCUT2D eigenvalue weighted by Crippen LogP contribution is 2.29. The van der Waals surface area contributed by atoms with E-state index < -0.39 is 6.04 Å². The lowest BCUT2D eigenvalue weighted by Gasteiger charge is -2.41. The van der Waals surface area contributed by atoms with Crippen molar-refractivity contribution < 1.29 is 13.9 Å². The highest BCUT2D eigenvalue weighted by Gasteiger charge is 2.37. The van der Waals surface area contributed by atoms with Crippen LogP contribution >= 0.6 is 0 Å². The molecule has 4 nitrogen and oxygen atoms in total. The minimum Gasteiger partial charge on any atom is -0.380 e. The lowest BCUT2D eigenvalue weighted by atomic mass is 9.88. The normalized spacial score (nSPS) is 18.2. The molecule has 5 heteroatoms. The quantitative estimate of drug-likeness (QED) is 0.832. The van der Waals surface area contributed by atoms with E-state index >= 15 is 0 Å². The number of benzene rings is 1. The zero-order valence-corrected chi connectivity index (χ0v) is 13.1. The van der Waals surface area contributed by atoms with Crippen LogP contribution in [0.2, 0.25) is 0 Å². The van der Waals surface area contributed by atoms with Gasteiger partial charge < -0.3 is 9.64 Å². The molecule has 1 aromatic carbocycles. The smallest absolute Gasteiger partial charge is 0.244 e. The minimum atomic E-state index is -0.403. The fraction of sp³-hybridized carbons (Fsp3) is 0.562. The van der Waals surface area contributed by atoms with Crippen molar-refractivity contribution in [3.8, 4) is 0 Å². The second-order valence-corrected chi connectivity index (χ2v) is 6.42. The van der Waals surface area contributed by atoms with Crippen LogP contribution in [0.15, 0.2) is 24.3 Å². The summed E-state index contributed by atoms with van der Waals surface area (Å²) in [5, 5.41) is 0. The Kier molecular flexibility index (Phi) is 4.64. The van der Waals surface area contributed by atoms with Crippen LogP contribution in [0.4, 0.5) is 4.39 Å². The monoisotopic (exact) mass is 294 g/mol. The Morgan fingerprint density at radius 1 is 1.29 bits per heavy atom. The van der Waals surface area contributed by atoms with Crippen LogP contribution in [0.25, 0.3) is 0 Å². The summed E-state index contributed by atoms with van der Waals surface area (Å²) in [7, 11) is 5.52. The molecule has 116 valence electrons. The topological polar surface area (TPSA) is 32.8 Å². The molecule has 1 heterocycles. The van der Waals surface area contributed by atoms with Crippen LogP contribution in [0, 0.1) is 11.2 Å². The molecule has 1 aromatic rings. The number of hydrogen-bond donors (Lipinski definition) is 0. The molecule has 1 aliphatic rings. The van der Waals surface area contributed by atoms with E-state index in [2.05, 4.69) is 6.92 Å². The van der Waals surface area contributed by atoms with Gasteiger partial charge in [0, 0.05) is 19.0 Å². The van der Waals surface area contributed by atoms with E-state index in [1.165, 1.54) is 12.1 Å². The zero-order chi connectivity index (χ0) is 15.6. The van der Waals surface area contributed by atoms with E-state index in [1.807, 2.05) is 26.0 Å². The van der Waals surface area contributed by atoms with Gasteiger partial charge >= 0.3 is 0 Å². The van der Waals surface area contributed by atoms with Crippen LogP contribution in [0.3, 0.4) is 0 Å².